The molecule has 0 saturated carbocycles. The number of hydrogen-bond acceptors (Lipinski definition) is 1. The third-order valence-corrected chi connectivity index (χ3v) is 0. The second-order valence-corrected chi connectivity index (χ2v) is 0.611. The Kier molecular flexibility index (Phi) is 24.3. The van der Waals surface area contributed by atoms with Crippen LogP contribution in [0.15, 0.2) is 0 Å². The minimum atomic E-state index is -0.333. The van der Waals surface area contributed by atoms with Gasteiger partial charge in [0.15, 0.2) is 0 Å². The average molecular weight is 97.0 g/mol. The minimum Gasteiger partial charge on any atom is -1.00 e. The molecule has 0 aliphatic rings. The molecule has 0 fully saturated rings. The molecule has 0 heterocycles. The Morgan fingerprint density at radius 3 is 1.83 bits per heavy atom. The fourth-order valence-electron chi connectivity index (χ4n) is 0. The Hall–Kier alpha value is 0.600. The van der Waals surface area contributed by atoms with E-state index in [9.17, 15) is 4.79 Å². The maximum absolute atomic E-state index is 9.22. The number of carbonyl (C=O) groups excluding carboxylic acids is 1. The number of nitrogens with two attached hydrogens (primary N) is 1. The molecule has 0 spiro atoms. The largest absolute Gasteiger partial charge is 3.00 e. The normalized spacial score (nSPS) is 4.17. The summed E-state index contributed by atoms with van der Waals surface area (Å²) >= 11 is 0. The van der Waals surface area contributed by atoms with Crippen molar-refractivity contribution >= 4 is 23.3 Å². The maximum Gasteiger partial charge on any atom is 3.00 e. The smallest absolute Gasteiger partial charge is 1.00 e. The zero-order chi connectivity index (χ0) is 3.58. The molecule has 2 nitrogen and oxygen atoms in total. The molecular formula is C2H9AlLiNO. The molecule has 1 amide bonds. The zero-order valence-electron chi connectivity index (χ0n) is 8.06. The quantitative estimate of drug-likeness (QED) is 0.314. The van der Waals surface area contributed by atoms with Crippen LogP contribution >= 0.6 is 0 Å². The first-order chi connectivity index (χ1) is 1.73. The van der Waals surface area contributed by atoms with E-state index in [1.54, 1.807) is 0 Å². The maximum atomic E-state index is 9.22. The van der Waals surface area contributed by atoms with E-state index >= 15 is 0 Å². The average Bonchev–Trinajstić information content (AvgIpc) is 0.811. The Balaban J connectivity index is -0.00000000300. The van der Waals surface area contributed by atoms with Gasteiger partial charge in [0, 0.05) is 6.92 Å². The van der Waals surface area contributed by atoms with Gasteiger partial charge in [-0.05, 0) is 0 Å². The van der Waals surface area contributed by atoms with Crippen LogP contribution < -0.4 is 24.6 Å². The second kappa shape index (κ2) is 9.14. The molecule has 0 rings (SSSR count). The van der Waals surface area contributed by atoms with E-state index in [2.05, 4.69) is 5.73 Å². The van der Waals surface area contributed by atoms with Gasteiger partial charge < -0.3 is 11.4 Å². The molecule has 0 radical (unpaired) electrons. The van der Waals surface area contributed by atoms with Crippen LogP contribution in [-0.4, -0.2) is 23.3 Å². The van der Waals surface area contributed by atoms with E-state index in [1.165, 1.54) is 6.92 Å². The van der Waals surface area contributed by atoms with Gasteiger partial charge in [0.1, 0.15) is 0 Å². The topological polar surface area (TPSA) is 43.1 Å². The summed E-state index contributed by atoms with van der Waals surface area (Å²) in [6.07, 6.45) is 0. The third kappa shape index (κ3) is 166. The third-order valence-electron chi connectivity index (χ3n) is 0. The summed E-state index contributed by atoms with van der Waals surface area (Å²) in [5.74, 6) is -0.333. The second-order valence-electron chi connectivity index (χ2n) is 0.611. The molecule has 4 heteroatoms. The van der Waals surface area contributed by atoms with Crippen LogP contribution in [-0.2, 0) is 4.79 Å². The van der Waals surface area contributed by atoms with Gasteiger partial charge in [-0.25, -0.2) is 0 Å². The SMILES string of the molecule is CC(N)=O.[Al+3].[H-].[H-].[H-].[H-].[Li+]. The molecule has 0 bridgehead atoms. The first-order valence-electron chi connectivity index (χ1n) is 0.993. The van der Waals surface area contributed by atoms with Gasteiger partial charge in [0.2, 0.25) is 5.91 Å². The summed E-state index contributed by atoms with van der Waals surface area (Å²) in [6, 6.07) is 0. The van der Waals surface area contributed by atoms with Gasteiger partial charge in [-0.15, -0.1) is 0 Å². The van der Waals surface area contributed by atoms with Gasteiger partial charge in [-0.2, -0.15) is 0 Å². The van der Waals surface area contributed by atoms with E-state index < -0.39 is 0 Å². The molecule has 0 aromatic rings. The number of amides is 1. The van der Waals surface area contributed by atoms with Crippen LogP contribution in [0.25, 0.3) is 0 Å². The van der Waals surface area contributed by atoms with Crippen LogP contribution in [0.3, 0.4) is 0 Å². The number of primary amides is 1. The molecule has 0 aromatic heterocycles. The fraction of sp³-hybridized carbons (Fsp3) is 0.500. The van der Waals surface area contributed by atoms with E-state index in [4.69, 9.17) is 0 Å². The van der Waals surface area contributed by atoms with Crippen LogP contribution in [0, 0.1) is 0 Å². The van der Waals surface area contributed by atoms with Gasteiger partial charge in [0.05, 0.1) is 0 Å². The summed E-state index contributed by atoms with van der Waals surface area (Å²) in [7, 11) is 0. The molecule has 0 unspecified atom stereocenters. The summed E-state index contributed by atoms with van der Waals surface area (Å²) in [5, 5.41) is 0. The van der Waals surface area contributed by atoms with Crippen molar-refractivity contribution in [3.05, 3.63) is 0 Å². The van der Waals surface area contributed by atoms with E-state index in [1.807, 2.05) is 0 Å². The molecule has 0 aliphatic heterocycles. The van der Waals surface area contributed by atoms with Crippen molar-refractivity contribution in [2.45, 2.75) is 6.92 Å². The summed E-state index contributed by atoms with van der Waals surface area (Å²) < 4.78 is 0. The van der Waals surface area contributed by atoms with Crippen LogP contribution in [0.2, 0.25) is 0 Å². The van der Waals surface area contributed by atoms with Crippen molar-refractivity contribution in [1.29, 1.82) is 0 Å². The Morgan fingerprint density at radius 1 is 1.83 bits per heavy atom. The van der Waals surface area contributed by atoms with Gasteiger partial charge in [0.25, 0.3) is 0 Å². The zero-order valence-corrected chi connectivity index (χ0v) is 5.22. The molecule has 0 atom stereocenters. The first kappa shape index (κ1) is 16.0. The fourth-order valence-corrected chi connectivity index (χ4v) is 0. The van der Waals surface area contributed by atoms with Crippen LogP contribution in [0.4, 0.5) is 0 Å². The van der Waals surface area contributed by atoms with Gasteiger partial charge in [-0.1, -0.05) is 0 Å². The standard InChI is InChI=1S/C2H5NO.Al.Li.4H/c1-2(3)4;;;;;;/h1H3,(H2,3,4);;;;;;/q;+3;+1;4*-1. The predicted octanol–water partition coefficient (Wildman–Crippen LogP) is -3.44. The van der Waals surface area contributed by atoms with E-state index in [-0.39, 0.29) is 47.8 Å². The molecule has 6 heavy (non-hydrogen) atoms. The van der Waals surface area contributed by atoms with Gasteiger partial charge >= 0.3 is 36.2 Å². The monoisotopic (exact) mass is 97.1 g/mol. The number of rotatable bonds is 0. The molecular weight excluding hydrogens is 88.0 g/mol. The number of carbonyl (C=O) groups is 1. The predicted molar refractivity (Wildman–Crippen MR) is 25.1 cm³/mol. The molecule has 0 aliphatic carbocycles. The molecule has 2 N–H and O–H groups in total. The van der Waals surface area contributed by atoms with E-state index in [0.717, 1.165) is 0 Å². The Bertz CT molecular complexity index is 46.2. The van der Waals surface area contributed by atoms with Crippen molar-refractivity contribution in [2.24, 2.45) is 5.73 Å². The molecule has 0 aromatic carbocycles. The summed E-state index contributed by atoms with van der Waals surface area (Å²) in [6.45, 7) is 1.31. The molecule has 0 saturated heterocycles. The van der Waals surface area contributed by atoms with Crippen molar-refractivity contribution < 1.29 is 29.4 Å². The van der Waals surface area contributed by atoms with Crippen molar-refractivity contribution in [1.82, 2.24) is 0 Å². The van der Waals surface area contributed by atoms with Gasteiger partial charge in [-0.3, -0.25) is 4.79 Å². The van der Waals surface area contributed by atoms with Crippen molar-refractivity contribution in [3.8, 4) is 0 Å². The minimum absolute atomic E-state index is 0. The Morgan fingerprint density at radius 2 is 1.83 bits per heavy atom. The van der Waals surface area contributed by atoms with Crippen molar-refractivity contribution in [2.75, 3.05) is 0 Å². The van der Waals surface area contributed by atoms with Crippen LogP contribution in [0.1, 0.15) is 12.6 Å². The Labute approximate surface area is 65.7 Å². The number of hydrogen-bond donors (Lipinski definition) is 1. The van der Waals surface area contributed by atoms with Crippen LogP contribution in [0.5, 0.6) is 0 Å². The first-order valence-corrected chi connectivity index (χ1v) is 0.993. The summed E-state index contributed by atoms with van der Waals surface area (Å²) in [4.78, 5) is 9.22. The molecule has 32 valence electrons. The van der Waals surface area contributed by atoms with E-state index in [0.29, 0.717) is 0 Å². The summed E-state index contributed by atoms with van der Waals surface area (Å²) in [5.41, 5.74) is 4.47. The van der Waals surface area contributed by atoms with Crippen molar-refractivity contribution in [3.63, 3.8) is 0 Å².